The van der Waals surface area contributed by atoms with E-state index >= 15 is 0 Å². The van der Waals surface area contributed by atoms with Gasteiger partial charge in [0.15, 0.2) is 0 Å². The second kappa shape index (κ2) is 6.58. The molecule has 0 radical (unpaired) electrons. The predicted octanol–water partition coefficient (Wildman–Crippen LogP) is -0.622. The number of benzene rings is 1. The molecule has 5 heteroatoms. The van der Waals surface area contributed by atoms with E-state index in [2.05, 4.69) is 10.6 Å². The van der Waals surface area contributed by atoms with Gasteiger partial charge in [0.2, 0.25) is 11.8 Å². The maximum atomic E-state index is 11.3. The molecule has 0 fully saturated rings. The minimum absolute atomic E-state index is 0.0127. The minimum atomic E-state index is -0.476. The Kier molecular flexibility index (Phi) is 5.01. The van der Waals surface area contributed by atoms with Gasteiger partial charge in [0.05, 0.1) is 13.1 Å². The fourth-order valence-electron chi connectivity index (χ4n) is 1.16. The van der Waals surface area contributed by atoms with Crippen LogP contribution in [0.5, 0.6) is 0 Å². The number of primary amides is 1. The average Bonchev–Trinajstić information content (AvgIpc) is 2.27. The van der Waals surface area contributed by atoms with Crippen LogP contribution in [0.4, 0.5) is 0 Å². The molecule has 0 saturated heterocycles. The molecule has 0 atom stereocenters. The molecule has 1 aromatic rings. The molecular weight excluding hydrogens is 206 g/mol. The highest BCUT2D eigenvalue weighted by atomic mass is 16.2. The van der Waals surface area contributed by atoms with Gasteiger partial charge in [0.1, 0.15) is 0 Å². The normalized spacial score (nSPS) is 9.75. The fraction of sp³-hybridized carbons (Fsp3) is 0.273. The molecule has 86 valence electrons. The first-order chi connectivity index (χ1) is 7.68. The van der Waals surface area contributed by atoms with Gasteiger partial charge >= 0.3 is 0 Å². The van der Waals surface area contributed by atoms with Gasteiger partial charge in [-0.1, -0.05) is 30.3 Å². The summed E-state index contributed by atoms with van der Waals surface area (Å²) >= 11 is 0. The zero-order valence-corrected chi connectivity index (χ0v) is 8.90. The zero-order chi connectivity index (χ0) is 11.8. The third-order valence-corrected chi connectivity index (χ3v) is 1.92. The molecule has 0 spiro atoms. The quantitative estimate of drug-likeness (QED) is 0.598. The second-order valence-corrected chi connectivity index (χ2v) is 3.33. The summed E-state index contributed by atoms with van der Waals surface area (Å²) in [4.78, 5) is 21.7. The van der Waals surface area contributed by atoms with Crippen molar-refractivity contribution in [1.29, 1.82) is 0 Å². The van der Waals surface area contributed by atoms with E-state index < -0.39 is 5.91 Å². The van der Waals surface area contributed by atoms with Crippen LogP contribution in [0.25, 0.3) is 0 Å². The number of hydrogen-bond acceptors (Lipinski definition) is 3. The number of carbonyl (C=O) groups is 2. The Morgan fingerprint density at radius 3 is 2.44 bits per heavy atom. The van der Waals surface area contributed by atoms with Crippen molar-refractivity contribution < 1.29 is 9.59 Å². The molecule has 0 unspecified atom stereocenters. The summed E-state index contributed by atoms with van der Waals surface area (Å²) in [6.45, 7) is 0.590. The van der Waals surface area contributed by atoms with Crippen molar-refractivity contribution in [2.45, 2.75) is 6.54 Å². The Morgan fingerprint density at radius 2 is 1.81 bits per heavy atom. The molecule has 0 aliphatic rings. The smallest absolute Gasteiger partial charge is 0.234 e. The van der Waals surface area contributed by atoms with Crippen LogP contribution in [-0.4, -0.2) is 24.9 Å². The van der Waals surface area contributed by atoms with Crippen molar-refractivity contribution in [3.8, 4) is 0 Å². The summed E-state index contributed by atoms with van der Waals surface area (Å²) in [6.07, 6.45) is 0. The SMILES string of the molecule is NC(=O)CNCC(=O)NCc1ccccc1. The average molecular weight is 221 g/mol. The lowest BCUT2D eigenvalue weighted by Crippen LogP contribution is -2.37. The first-order valence-corrected chi connectivity index (χ1v) is 4.98. The maximum absolute atomic E-state index is 11.3. The molecule has 0 heterocycles. The molecule has 2 amide bonds. The first kappa shape index (κ1) is 12.2. The summed E-state index contributed by atoms with van der Waals surface area (Å²) in [5.41, 5.74) is 5.94. The molecule has 0 bridgehead atoms. The van der Waals surface area contributed by atoms with E-state index in [0.29, 0.717) is 6.54 Å². The number of nitrogens with one attached hydrogen (secondary N) is 2. The third-order valence-electron chi connectivity index (χ3n) is 1.92. The van der Waals surface area contributed by atoms with Gasteiger partial charge in [-0.3, -0.25) is 14.9 Å². The van der Waals surface area contributed by atoms with Crippen molar-refractivity contribution in [3.05, 3.63) is 35.9 Å². The molecule has 0 aliphatic heterocycles. The molecule has 4 N–H and O–H groups in total. The molecule has 1 rings (SSSR count). The lowest BCUT2D eigenvalue weighted by atomic mass is 10.2. The Morgan fingerprint density at radius 1 is 1.12 bits per heavy atom. The van der Waals surface area contributed by atoms with Crippen LogP contribution < -0.4 is 16.4 Å². The highest BCUT2D eigenvalue weighted by Crippen LogP contribution is 1.96. The van der Waals surface area contributed by atoms with E-state index in [4.69, 9.17) is 5.73 Å². The topological polar surface area (TPSA) is 84.2 Å². The highest BCUT2D eigenvalue weighted by Gasteiger charge is 2.01. The van der Waals surface area contributed by atoms with Crippen LogP contribution in [-0.2, 0) is 16.1 Å². The van der Waals surface area contributed by atoms with Gasteiger partial charge in [-0.2, -0.15) is 0 Å². The fourth-order valence-corrected chi connectivity index (χ4v) is 1.16. The summed E-state index contributed by atoms with van der Waals surface area (Å²) in [7, 11) is 0. The standard InChI is InChI=1S/C11H15N3O2/c12-10(15)7-13-8-11(16)14-6-9-4-2-1-3-5-9/h1-5,13H,6-8H2,(H2,12,15)(H,14,16). The molecule has 16 heavy (non-hydrogen) atoms. The molecule has 5 nitrogen and oxygen atoms in total. The van der Waals surface area contributed by atoms with E-state index in [9.17, 15) is 9.59 Å². The Bertz CT molecular complexity index is 352. The minimum Gasteiger partial charge on any atom is -0.369 e. The van der Waals surface area contributed by atoms with Gasteiger partial charge < -0.3 is 11.1 Å². The summed E-state index contributed by atoms with van der Waals surface area (Å²) < 4.78 is 0. The molecule has 0 aromatic heterocycles. The highest BCUT2D eigenvalue weighted by molar-refractivity contribution is 5.80. The van der Waals surface area contributed by atoms with Gasteiger partial charge in [0.25, 0.3) is 0 Å². The van der Waals surface area contributed by atoms with Gasteiger partial charge in [-0.15, -0.1) is 0 Å². The van der Waals surface area contributed by atoms with Crippen LogP contribution in [0.15, 0.2) is 30.3 Å². The Balaban J connectivity index is 2.18. The lowest BCUT2D eigenvalue weighted by Gasteiger charge is -2.05. The van der Waals surface area contributed by atoms with Crippen molar-refractivity contribution in [2.75, 3.05) is 13.1 Å². The van der Waals surface area contributed by atoms with Crippen molar-refractivity contribution in [2.24, 2.45) is 5.73 Å². The van der Waals surface area contributed by atoms with E-state index in [1.807, 2.05) is 30.3 Å². The monoisotopic (exact) mass is 221 g/mol. The van der Waals surface area contributed by atoms with Crippen LogP contribution in [0, 0.1) is 0 Å². The number of carbonyl (C=O) groups excluding carboxylic acids is 2. The van der Waals surface area contributed by atoms with Crippen molar-refractivity contribution >= 4 is 11.8 Å². The molecule has 0 saturated carbocycles. The van der Waals surface area contributed by atoms with E-state index in [1.165, 1.54) is 0 Å². The zero-order valence-electron chi connectivity index (χ0n) is 8.90. The van der Waals surface area contributed by atoms with E-state index in [0.717, 1.165) is 5.56 Å². The van der Waals surface area contributed by atoms with Gasteiger partial charge in [-0.05, 0) is 5.56 Å². The van der Waals surface area contributed by atoms with Gasteiger partial charge in [0, 0.05) is 6.54 Å². The molecular formula is C11H15N3O2. The first-order valence-electron chi connectivity index (χ1n) is 4.98. The Labute approximate surface area is 94.0 Å². The van der Waals surface area contributed by atoms with E-state index in [-0.39, 0.29) is 19.0 Å². The predicted molar refractivity (Wildman–Crippen MR) is 60.4 cm³/mol. The molecule has 1 aromatic carbocycles. The van der Waals surface area contributed by atoms with Crippen LogP contribution in [0.2, 0.25) is 0 Å². The number of hydrogen-bond donors (Lipinski definition) is 3. The Hall–Kier alpha value is -1.88. The lowest BCUT2D eigenvalue weighted by molar-refractivity contribution is -0.120. The van der Waals surface area contributed by atoms with E-state index in [1.54, 1.807) is 0 Å². The summed E-state index contributed by atoms with van der Waals surface area (Å²) in [6, 6.07) is 9.59. The number of rotatable bonds is 6. The van der Waals surface area contributed by atoms with Crippen molar-refractivity contribution in [3.63, 3.8) is 0 Å². The largest absolute Gasteiger partial charge is 0.369 e. The van der Waals surface area contributed by atoms with Crippen LogP contribution in [0.3, 0.4) is 0 Å². The van der Waals surface area contributed by atoms with Gasteiger partial charge in [-0.25, -0.2) is 0 Å². The maximum Gasteiger partial charge on any atom is 0.234 e. The van der Waals surface area contributed by atoms with Crippen LogP contribution in [0.1, 0.15) is 5.56 Å². The van der Waals surface area contributed by atoms with Crippen molar-refractivity contribution in [1.82, 2.24) is 10.6 Å². The number of amides is 2. The number of nitrogens with two attached hydrogens (primary N) is 1. The molecule has 0 aliphatic carbocycles. The summed E-state index contributed by atoms with van der Waals surface area (Å²) in [5, 5.41) is 5.35. The second-order valence-electron chi connectivity index (χ2n) is 3.33. The summed E-state index contributed by atoms with van der Waals surface area (Å²) in [5.74, 6) is -0.638. The third kappa shape index (κ3) is 5.11. The van der Waals surface area contributed by atoms with Crippen LogP contribution >= 0.6 is 0 Å².